The van der Waals surface area contributed by atoms with Crippen LogP contribution in [-0.2, 0) is 16.0 Å². The molecule has 1 aromatic heterocycles. The summed E-state index contributed by atoms with van der Waals surface area (Å²) in [6, 6.07) is 1.73. The van der Waals surface area contributed by atoms with E-state index >= 15 is 0 Å². The lowest BCUT2D eigenvalue weighted by molar-refractivity contribution is -0.163. The van der Waals surface area contributed by atoms with E-state index in [0.717, 1.165) is 5.56 Å². The summed E-state index contributed by atoms with van der Waals surface area (Å²) >= 11 is 1.42. The van der Waals surface area contributed by atoms with Gasteiger partial charge in [-0.15, -0.1) is 0 Å². The van der Waals surface area contributed by atoms with Gasteiger partial charge < -0.3 is 10.2 Å². The van der Waals surface area contributed by atoms with Gasteiger partial charge in [-0.2, -0.15) is 11.3 Å². The fourth-order valence-corrected chi connectivity index (χ4v) is 1.71. The van der Waals surface area contributed by atoms with Gasteiger partial charge in [0, 0.05) is 0 Å². The fraction of sp³-hybridized carbons (Fsp3) is 0.333. The normalized spacial score (nSPS) is 11.2. The van der Waals surface area contributed by atoms with E-state index in [-0.39, 0.29) is 6.42 Å². The van der Waals surface area contributed by atoms with Gasteiger partial charge in [0.2, 0.25) is 0 Å². The third-order valence-corrected chi connectivity index (χ3v) is 2.81. The second-order valence-electron chi connectivity index (χ2n) is 3.25. The number of carboxylic acids is 2. The van der Waals surface area contributed by atoms with E-state index < -0.39 is 17.4 Å². The Bertz CT molecular complexity index is 328. The average molecular weight is 214 g/mol. The number of aliphatic carboxylic acids is 2. The van der Waals surface area contributed by atoms with Crippen molar-refractivity contribution in [2.24, 2.45) is 5.41 Å². The standard InChI is InChI=1S/C9H10O4S/c1-9(7(10)11,8(12)13)4-6-2-3-14-5-6/h2-3,5H,4H2,1H3,(H,10,11)(H,12,13). The molecule has 5 heteroatoms. The Hall–Kier alpha value is -1.36. The molecule has 0 saturated carbocycles. The predicted molar refractivity (Wildman–Crippen MR) is 51.4 cm³/mol. The quantitative estimate of drug-likeness (QED) is 0.744. The molecule has 14 heavy (non-hydrogen) atoms. The van der Waals surface area contributed by atoms with Crippen LogP contribution in [0.25, 0.3) is 0 Å². The Morgan fingerprint density at radius 2 is 2.00 bits per heavy atom. The van der Waals surface area contributed by atoms with Gasteiger partial charge in [0.1, 0.15) is 0 Å². The molecule has 0 amide bonds. The average Bonchev–Trinajstić information content (AvgIpc) is 2.55. The summed E-state index contributed by atoms with van der Waals surface area (Å²) in [5, 5.41) is 21.2. The smallest absolute Gasteiger partial charge is 0.321 e. The van der Waals surface area contributed by atoms with E-state index in [1.54, 1.807) is 16.8 Å². The second-order valence-corrected chi connectivity index (χ2v) is 4.03. The monoisotopic (exact) mass is 214 g/mol. The van der Waals surface area contributed by atoms with Gasteiger partial charge in [0.05, 0.1) is 0 Å². The van der Waals surface area contributed by atoms with Crippen molar-refractivity contribution in [1.29, 1.82) is 0 Å². The predicted octanol–water partition coefficient (Wildman–Crippen LogP) is 1.47. The molecule has 0 spiro atoms. The molecule has 0 unspecified atom stereocenters. The highest BCUT2D eigenvalue weighted by Gasteiger charge is 2.41. The molecule has 0 fully saturated rings. The number of carboxylic acid groups (broad SMARTS) is 2. The molecule has 0 aliphatic carbocycles. The maximum absolute atomic E-state index is 10.8. The van der Waals surface area contributed by atoms with E-state index in [1.165, 1.54) is 18.3 Å². The van der Waals surface area contributed by atoms with Gasteiger partial charge in [-0.1, -0.05) is 0 Å². The third-order valence-electron chi connectivity index (χ3n) is 2.08. The van der Waals surface area contributed by atoms with Crippen LogP contribution in [0.5, 0.6) is 0 Å². The highest BCUT2D eigenvalue weighted by Crippen LogP contribution is 2.24. The highest BCUT2D eigenvalue weighted by molar-refractivity contribution is 7.07. The molecule has 0 radical (unpaired) electrons. The first-order chi connectivity index (χ1) is 6.47. The van der Waals surface area contributed by atoms with Crippen LogP contribution in [0, 0.1) is 5.41 Å². The van der Waals surface area contributed by atoms with Crippen LogP contribution in [0.15, 0.2) is 16.8 Å². The molecule has 0 bridgehead atoms. The van der Waals surface area contributed by atoms with Crippen LogP contribution in [0.1, 0.15) is 12.5 Å². The first-order valence-electron chi connectivity index (χ1n) is 3.94. The zero-order valence-corrected chi connectivity index (χ0v) is 8.37. The SMILES string of the molecule is CC(Cc1ccsc1)(C(=O)O)C(=O)O. The van der Waals surface area contributed by atoms with E-state index in [9.17, 15) is 9.59 Å². The van der Waals surface area contributed by atoms with Crippen LogP contribution in [-0.4, -0.2) is 22.2 Å². The van der Waals surface area contributed by atoms with E-state index in [0.29, 0.717) is 0 Å². The van der Waals surface area contributed by atoms with Crippen LogP contribution in [0.4, 0.5) is 0 Å². The molecule has 0 atom stereocenters. The summed E-state index contributed by atoms with van der Waals surface area (Å²) in [7, 11) is 0. The molecule has 76 valence electrons. The summed E-state index contributed by atoms with van der Waals surface area (Å²) in [5.41, 5.74) is -0.997. The van der Waals surface area contributed by atoms with Crippen LogP contribution in [0.3, 0.4) is 0 Å². The maximum Gasteiger partial charge on any atom is 0.321 e. The molecule has 0 saturated heterocycles. The number of carbonyl (C=O) groups is 2. The van der Waals surface area contributed by atoms with Crippen molar-refractivity contribution in [3.05, 3.63) is 22.4 Å². The maximum atomic E-state index is 10.8. The van der Waals surface area contributed by atoms with Crippen molar-refractivity contribution < 1.29 is 19.8 Å². The largest absolute Gasteiger partial charge is 0.480 e. The Morgan fingerprint density at radius 1 is 1.43 bits per heavy atom. The van der Waals surface area contributed by atoms with Crippen molar-refractivity contribution in [2.45, 2.75) is 13.3 Å². The zero-order chi connectivity index (χ0) is 10.8. The van der Waals surface area contributed by atoms with Gasteiger partial charge in [0.25, 0.3) is 0 Å². The van der Waals surface area contributed by atoms with E-state index in [4.69, 9.17) is 10.2 Å². The van der Waals surface area contributed by atoms with Gasteiger partial charge in [-0.3, -0.25) is 9.59 Å². The lowest BCUT2D eigenvalue weighted by Gasteiger charge is -2.18. The molecule has 2 N–H and O–H groups in total. The van der Waals surface area contributed by atoms with Crippen molar-refractivity contribution in [1.82, 2.24) is 0 Å². The lowest BCUT2D eigenvalue weighted by atomic mass is 9.85. The first kappa shape index (κ1) is 10.7. The number of thiophene rings is 1. The molecular weight excluding hydrogens is 204 g/mol. The second kappa shape index (κ2) is 3.79. The molecular formula is C9H10O4S. The Labute approximate surface area is 84.8 Å². The summed E-state index contributed by atoms with van der Waals surface area (Å²) in [4.78, 5) is 21.6. The molecule has 0 aromatic carbocycles. The molecule has 1 aromatic rings. The first-order valence-corrected chi connectivity index (χ1v) is 4.89. The highest BCUT2D eigenvalue weighted by atomic mass is 32.1. The Balaban J connectivity index is 2.91. The van der Waals surface area contributed by atoms with E-state index in [2.05, 4.69) is 0 Å². The van der Waals surface area contributed by atoms with Crippen molar-refractivity contribution in [3.63, 3.8) is 0 Å². The summed E-state index contributed by atoms with van der Waals surface area (Å²) < 4.78 is 0. The number of rotatable bonds is 4. The van der Waals surface area contributed by atoms with Crippen LogP contribution in [0.2, 0.25) is 0 Å². The van der Waals surface area contributed by atoms with Crippen molar-refractivity contribution in [3.8, 4) is 0 Å². The summed E-state index contributed by atoms with van der Waals surface area (Å²) in [5.74, 6) is -2.62. The molecule has 4 nitrogen and oxygen atoms in total. The van der Waals surface area contributed by atoms with Gasteiger partial charge in [0.15, 0.2) is 5.41 Å². The van der Waals surface area contributed by atoms with Gasteiger partial charge in [-0.25, -0.2) is 0 Å². The Kier molecular flexibility index (Phi) is 2.90. The Morgan fingerprint density at radius 3 is 2.36 bits per heavy atom. The van der Waals surface area contributed by atoms with Crippen LogP contribution >= 0.6 is 11.3 Å². The fourth-order valence-electron chi connectivity index (χ4n) is 1.04. The number of hydrogen-bond donors (Lipinski definition) is 2. The molecule has 1 rings (SSSR count). The topological polar surface area (TPSA) is 74.6 Å². The zero-order valence-electron chi connectivity index (χ0n) is 7.56. The lowest BCUT2D eigenvalue weighted by Crippen LogP contribution is -2.38. The molecule has 1 heterocycles. The van der Waals surface area contributed by atoms with Gasteiger partial charge >= 0.3 is 11.9 Å². The summed E-state index contributed by atoms with van der Waals surface area (Å²) in [6.45, 7) is 1.22. The van der Waals surface area contributed by atoms with E-state index in [1.807, 2.05) is 0 Å². The van der Waals surface area contributed by atoms with Crippen molar-refractivity contribution >= 4 is 23.3 Å². The minimum Gasteiger partial charge on any atom is -0.480 e. The van der Waals surface area contributed by atoms with Crippen molar-refractivity contribution in [2.75, 3.05) is 0 Å². The summed E-state index contributed by atoms with van der Waals surface area (Å²) in [6.07, 6.45) is 0.0150. The van der Waals surface area contributed by atoms with Gasteiger partial charge in [-0.05, 0) is 35.7 Å². The number of hydrogen-bond acceptors (Lipinski definition) is 3. The third kappa shape index (κ3) is 1.93. The molecule has 0 aliphatic rings. The molecule has 0 aliphatic heterocycles. The minimum atomic E-state index is -1.74. The van der Waals surface area contributed by atoms with Crippen LogP contribution < -0.4 is 0 Å². The minimum absolute atomic E-state index is 0.0150.